The minimum Gasteiger partial charge on any atom is -0.370 e. The average molecular weight is 540 g/mol. The zero-order valence-electron chi connectivity index (χ0n) is 17.0. The van der Waals surface area contributed by atoms with Crippen LogP contribution in [0.25, 0.3) is 0 Å². The molecule has 1 fully saturated rings. The Labute approximate surface area is 196 Å². The number of fused-ring (bicyclic) bond motifs is 1. The van der Waals surface area contributed by atoms with E-state index >= 15 is 0 Å². The number of nitrogens with zero attached hydrogens (tertiary/aromatic N) is 2. The summed E-state index contributed by atoms with van der Waals surface area (Å²) < 4.78 is 27.0. The number of aliphatic imine (C=N–C) groups is 1. The van der Waals surface area contributed by atoms with Crippen LogP contribution in [0.15, 0.2) is 58.4 Å². The van der Waals surface area contributed by atoms with Crippen LogP contribution in [0.2, 0.25) is 0 Å². The van der Waals surface area contributed by atoms with Crippen molar-refractivity contribution in [2.24, 2.45) is 16.6 Å². The van der Waals surface area contributed by atoms with E-state index in [0.29, 0.717) is 36.4 Å². The number of hydrogen-bond acceptors (Lipinski definition) is 3. The van der Waals surface area contributed by atoms with Crippen LogP contribution < -0.4 is 11.1 Å². The first-order valence-electron chi connectivity index (χ1n) is 10.3. The van der Waals surface area contributed by atoms with Crippen molar-refractivity contribution in [2.75, 3.05) is 25.0 Å². The Morgan fingerprint density at radius 2 is 1.77 bits per heavy atom. The second-order valence-electron chi connectivity index (χ2n) is 7.85. The van der Waals surface area contributed by atoms with E-state index in [4.69, 9.17) is 5.73 Å². The Morgan fingerprint density at radius 1 is 1.07 bits per heavy atom. The minimum absolute atomic E-state index is 0. The number of nitrogens with two attached hydrogens (primary N) is 1. The highest BCUT2D eigenvalue weighted by Crippen LogP contribution is 2.25. The molecule has 30 heavy (non-hydrogen) atoms. The van der Waals surface area contributed by atoms with Crippen LogP contribution in [0.5, 0.6) is 0 Å². The van der Waals surface area contributed by atoms with Gasteiger partial charge < -0.3 is 11.1 Å². The van der Waals surface area contributed by atoms with Gasteiger partial charge in [0.25, 0.3) is 0 Å². The van der Waals surface area contributed by atoms with E-state index in [2.05, 4.69) is 28.5 Å². The number of hydrogen-bond donors (Lipinski definition) is 2. The standard InChI is InChI=1S/C22H28N4O2S.HI/c23-22(25-20-10-9-18-5-4-6-19(18)15-20)24-16-17-11-13-26(14-12-17)29(27,28)21-7-2-1-3-8-21;/h1-3,7-10,15,17H,4-6,11-14,16H2,(H3,23,24,25);1H. The van der Waals surface area contributed by atoms with Gasteiger partial charge in [-0.2, -0.15) is 4.31 Å². The van der Waals surface area contributed by atoms with E-state index in [1.54, 1.807) is 28.6 Å². The number of aryl methyl sites for hydroxylation is 2. The molecule has 0 spiro atoms. The third-order valence-corrected chi connectivity index (χ3v) is 7.76. The fourth-order valence-corrected chi connectivity index (χ4v) is 5.63. The van der Waals surface area contributed by atoms with Gasteiger partial charge in [0, 0.05) is 25.3 Å². The number of benzene rings is 2. The van der Waals surface area contributed by atoms with Crippen molar-refractivity contribution in [1.29, 1.82) is 0 Å². The van der Waals surface area contributed by atoms with Gasteiger partial charge in [-0.15, -0.1) is 24.0 Å². The molecule has 1 aliphatic carbocycles. The monoisotopic (exact) mass is 540 g/mol. The van der Waals surface area contributed by atoms with E-state index in [0.717, 1.165) is 31.4 Å². The maximum Gasteiger partial charge on any atom is 0.243 e. The van der Waals surface area contributed by atoms with Gasteiger partial charge in [-0.1, -0.05) is 24.3 Å². The fraction of sp³-hybridized carbons (Fsp3) is 0.409. The van der Waals surface area contributed by atoms with Gasteiger partial charge in [-0.3, -0.25) is 4.99 Å². The van der Waals surface area contributed by atoms with Gasteiger partial charge in [0.15, 0.2) is 5.96 Å². The molecule has 0 atom stereocenters. The molecule has 0 saturated carbocycles. The lowest BCUT2D eigenvalue weighted by atomic mass is 9.98. The Bertz CT molecular complexity index is 987. The molecule has 0 radical (unpaired) electrons. The highest BCUT2D eigenvalue weighted by molar-refractivity contribution is 14.0. The third-order valence-electron chi connectivity index (χ3n) is 5.85. The predicted molar refractivity (Wildman–Crippen MR) is 132 cm³/mol. The Kier molecular flexibility index (Phi) is 7.75. The number of nitrogens with one attached hydrogen (secondary N) is 1. The second kappa shape index (κ2) is 10.1. The maximum absolute atomic E-state index is 12.7. The first-order chi connectivity index (χ1) is 14.0. The molecule has 1 heterocycles. The summed E-state index contributed by atoms with van der Waals surface area (Å²) in [5, 5.41) is 3.19. The van der Waals surface area contributed by atoms with Gasteiger partial charge in [-0.25, -0.2) is 8.42 Å². The summed E-state index contributed by atoms with van der Waals surface area (Å²) in [5.74, 6) is 0.764. The molecular weight excluding hydrogens is 511 g/mol. The Hall–Kier alpha value is -1.65. The number of halogens is 1. The fourth-order valence-electron chi connectivity index (χ4n) is 4.14. The molecule has 2 aromatic rings. The van der Waals surface area contributed by atoms with E-state index in [1.165, 1.54) is 17.5 Å². The molecule has 3 N–H and O–H groups in total. The molecule has 8 heteroatoms. The van der Waals surface area contributed by atoms with Crippen LogP contribution in [-0.2, 0) is 22.9 Å². The SMILES string of the molecule is I.NC(=NCC1CCN(S(=O)(=O)c2ccccc2)CC1)Nc1ccc2c(c1)CCC2. The van der Waals surface area contributed by atoms with Gasteiger partial charge in [0.2, 0.25) is 10.0 Å². The smallest absolute Gasteiger partial charge is 0.243 e. The molecule has 2 aromatic carbocycles. The zero-order chi connectivity index (χ0) is 20.3. The number of anilines is 1. The summed E-state index contributed by atoms with van der Waals surface area (Å²) in [7, 11) is -3.40. The van der Waals surface area contributed by atoms with Gasteiger partial charge in [0.05, 0.1) is 4.90 Å². The maximum atomic E-state index is 12.7. The minimum atomic E-state index is -3.40. The lowest BCUT2D eigenvalue weighted by molar-refractivity contribution is 0.279. The zero-order valence-corrected chi connectivity index (χ0v) is 20.1. The Balaban J connectivity index is 0.00000256. The Morgan fingerprint density at radius 3 is 2.50 bits per heavy atom. The van der Waals surface area contributed by atoms with Crippen molar-refractivity contribution in [3.8, 4) is 0 Å². The quantitative estimate of drug-likeness (QED) is 0.345. The number of piperidine rings is 1. The van der Waals surface area contributed by atoms with Crippen LogP contribution in [0.4, 0.5) is 5.69 Å². The van der Waals surface area contributed by atoms with Crippen molar-refractivity contribution in [3.63, 3.8) is 0 Å². The van der Waals surface area contributed by atoms with Crippen LogP contribution >= 0.6 is 24.0 Å². The van der Waals surface area contributed by atoms with Crippen LogP contribution in [0, 0.1) is 5.92 Å². The molecule has 2 aliphatic rings. The van der Waals surface area contributed by atoms with E-state index in [9.17, 15) is 8.42 Å². The van der Waals surface area contributed by atoms with Gasteiger partial charge in [0.1, 0.15) is 0 Å². The largest absolute Gasteiger partial charge is 0.370 e. The lowest BCUT2D eigenvalue weighted by Crippen LogP contribution is -2.39. The van der Waals surface area contributed by atoms with Gasteiger partial charge >= 0.3 is 0 Å². The van der Waals surface area contributed by atoms with Crippen LogP contribution in [-0.4, -0.2) is 38.3 Å². The highest BCUT2D eigenvalue weighted by atomic mass is 127. The summed E-state index contributed by atoms with van der Waals surface area (Å²) in [6.07, 6.45) is 5.11. The van der Waals surface area contributed by atoms with Gasteiger partial charge in [-0.05, 0) is 73.4 Å². The van der Waals surface area contributed by atoms with Crippen molar-refractivity contribution in [3.05, 3.63) is 59.7 Å². The van der Waals surface area contributed by atoms with E-state index in [-0.39, 0.29) is 24.0 Å². The number of rotatable bonds is 5. The first-order valence-corrected chi connectivity index (χ1v) is 11.7. The van der Waals surface area contributed by atoms with E-state index < -0.39 is 10.0 Å². The molecule has 0 aromatic heterocycles. The van der Waals surface area contributed by atoms with Crippen molar-refractivity contribution in [1.82, 2.24) is 4.31 Å². The molecule has 1 saturated heterocycles. The molecule has 0 unspecified atom stereocenters. The summed E-state index contributed by atoms with van der Waals surface area (Å²) in [4.78, 5) is 4.86. The summed E-state index contributed by atoms with van der Waals surface area (Å²) >= 11 is 0. The predicted octanol–water partition coefficient (Wildman–Crippen LogP) is 3.62. The highest BCUT2D eigenvalue weighted by Gasteiger charge is 2.29. The number of sulfonamides is 1. The van der Waals surface area contributed by atoms with Crippen molar-refractivity contribution < 1.29 is 8.42 Å². The summed E-state index contributed by atoms with van der Waals surface area (Å²) in [5.41, 5.74) is 9.89. The van der Waals surface area contributed by atoms with Crippen LogP contribution in [0.3, 0.4) is 0 Å². The lowest BCUT2D eigenvalue weighted by Gasteiger charge is -2.30. The average Bonchev–Trinajstić information content (AvgIpc) is 3.21. The summed E-state index contributed by atoms with van der Waals surface area (Å²) in [6.45, 7) is 1.66. The van der Waals surface area contributed by atoms with Crippen LogP contribution in [0.1, 0.15) is 30.4 Å². The molecule has 0 bridgehead atoms. The molecule has 162 valence electrons. The van der Waals surface area contributed by atoms with Crippen molar-refractivity contribution in [2.45, 2.75) is 37.0 Å². The third kappa shape index (κ3) is 5.33. The summed E-state index contributed by atoms with van der Waals surface area (Å²) in [6, 6.07) is 15.0. The normalized spacial score (nSPS) is 17.9. The topological polar surface area (TPSA) is 87.8 Å². The number of guanidine groups is 1. The second-order valence-corrected chi connectivity index (χ2v) is 9.79. The first kappa shape index (κ1) is 23.0. The molecule has 0 amide bonds. The molecule has 4 rings (SSSR count). The molecule has 6 nitrogen and oxygen atoms in total. The molecular formula is C22H29IN4O2S. The van der Waals surface area contributed by atoms with E-state index in [1.807, 2.05) is 6.07 Å². The van der Waals surface area contributed by atoms with Crippen molar-refractivity contribution >= 4 is 45.6 Å². The molecule has 1 aliphatic heterocycles.